The number of methoxy groups -OCH3 is 1. The predicted octanol–water partition coefficient (Wildman–Crippen LogP) is 4.07. The summed E-state index contributed by atoms with van der Waals surface area (Å²) in [5.41, 5.74) is 2.95. The topological polar surface area (TPSA) is 94.5 Å². The van der Waals surface area contributed by atoms with Crippen LogP contribution in [0.1, 0.15) is 29.3 Å². The highest BCUT2D eigenvalue weighted by atomic mass is 35.5. The van der Waals surface area contributed by atoms with E-state index in [0.29, 0.717) is 48.4 Å². The Kier molecular flexibility index (Phi) is 7.40. The molecule has 9 nitrogen and oxygen atoms in total. The first-order chi connectivity index (χ1) is 19.5. The van der Waals surface area contributed by atoms with Crippen LogP contribution in [0.5, 0.6) is 17.2 Å². The molecule has 2 aliphatic rings. The average molecular weight is 580 g/mol. The molecule has 1 N–H and O–H groups in total. The van der Waals surface area contributed by atoms with Gasteiger partial charge in [0.1, 0.15) is 31.1 Å². The summed E-state index contributed by atoms with van der Waals surface area (Å²) >= 11 is 12.5. The van der Waals surface area contributed by atoms with Gasteiger partial charge in [-0.25, -0.2) is 14.5 Å². The van der Waals surface area contributed by atoms with E-state index in [0.717, 1.165) is 33.8 Å². The Labute approximate surface area is 240 Å². The lowest BCUT2D eigenvalue weighted by molar-refractivity contribution is 0.135. The van der Waals surface area contributed by atoms with Gasteiger partial charge in [0.15, 0.2) is 11.5 Å². The van der Waals surface area contributed by atoms with Gasteiger partial charge in [0.2, 0.25) is 0 Å². The molecule has 1 aliphatic carbocycles. The van der Waals surface area contributed by atoms with E-state index in [9.17, 15) is 4.79 Å². The van der Waals surface area contributed by atoms with Gasteiger partial charge < -0.3 is 19.2 Å². The molecule has 206 valence electrons. The standard InChI is InChI=1S/C29H27Cl2N5O4/c1-38-26-14-18(2-9-25(26)39-13-12-35-17-32-16-33-35)28-27-22(23-15-20(31)5-8-24(23)34-27)10-11-36(28)29(37)40-21-6-3-19(30)4-7-21/h2-4,6-9,14-17,20,28,34H,5,10-13H2,1H3. The number of fused-ring (bicyclic) bond motifs is 3. The Balaban J connectivity index is 1.35. The van der Waals surface area contributed by atoms with Crippen molar-refractivity contribution < 1.29 is 19.0 Å². The molecule has 0 radical (unpaired) electrons. The number of alkyl halides is 1. The van der Waals surface area contributed by atoms with E-state index in [1.807, 2.05) is 18.2 Å². The number of aromatic amines is 1. The van der Waals surface area contributed by atoms with Crippen LogP contribution in [0.15, 0.2) is 55.1 Å². The van der Waals surface area contributed by atoms with Crippen molar-refractivity contribution in [1.29, 1.82) is 0 Å². The highest BCUT2D eigenvalue weighted by molar-refractivity contribution is 6.30. The summed E-state index contributed by atoms with van der Waals surface area (Å²) in [5.74, 6) is 1.57. The summed E-state index contributed by atoms with van der Waals surface area (Å²) in [6, 6.07) is 12.0. The van der Waals surface area contributed by atoms with Crippen LogP contribution in [0, 0.1) is 0 Å². The third kappa shape index (κ3) is 5.26. The van der Waals surface area contributed by atoms with Crippen LogP contribution < -0.4 is 24.8 Å². The first-order valence-corrected chi connectivity index (χ1v) is 13.8. The first kappa shape index (κ1) is 26.3. The van der Waals surface area contributed by atoms with Crippen LogP contribution >= 0.6 is 23.2 Å². The second kappa shape index (κ2) is 11.3. The van der Waals surface area contributed by atoms with Gasteiger partial charge in [0.05, 0.1) is 19.0 Å². The fourth-order valence-electron chi connectivity index (χ4n) is 5.22. The van der Waals surface area contributed by atoms with Crippen molar-refractivity contribution >= 4 is 41.4 Å². The number of amides is 1. The average Bonchev–Trinajstić information content (AvgIpc) is 3.61. The lowest BCUT2D eigenvalue weighted by Gasteiger charge is -2.35. The first-order valence-electron chi connectivity index (χ1n) is 12.9. The van der Waals surface area contributed by atoms with Gasteiger partial charge in [-0.05, 0) is 60.4 Å². The number of ether oxygens (including phenoxy) is 3. The molecular formula is C29H27Cl2N5O4. The van der Waals surface area contributed by atoms with E-state index in [1.165, 1.54) is 6.33 Å². The van der Waals surface area contributed by atoms with Gasteiger partial charge in [-0.2, -0.15) is 5.10 Å². The van der Waals surface area contributed by atoms with E-state index in [2.05, 4.69) is 27.2 Å². The lowest BCUT2D eigenvalue weighted by atomic mass is 9.92. The van der Waals surface area contributed by atoms with Crippen molar-refractivity contribution in [2.45, 2.75) is 30.8 Å². The van der Waals surface area contributed by atoms with Crippen molar-refractivity contribution in [3.05, 3.63) is 87.5 Å². The molecule has 4 aromatic rings. The number of H-pyrrole nitrogens is 1. The van der Waals surface area contributed by atoms with Crippen molar-refractivity contribution in [3.8, 4) is 17.2 Å². The molecule has 40 heavy (non-hydrogen) atoms. The molecule has 0 bridgehead atoms. The van der Waals surface area contributed by atoms with Gasteiger partial charge in [0.25, 0.3) is 0 Å². The summed E-state index contributed by atoms with van der Waals surface area (Å²) in [6.45, 7) is 1.40. The molecule has 6 rings (SSSR count). The minimum Gasteiger partial charge on any atom is -0.493 e. The van der Waals surface area contributed by atoms with Gasteiger partial charge in [-0.15, -0.1) is 11.6 Å². The van der Waals surface area contributed by atoms with Gasteiger partial charge >= 0.3 is 6.09 Å². The number of rotatable bonds is 7. The van der Waals surface area contributed by atoms with E-state index < -0.39 is 12.1 Å². The molecule has 2 unspecified atom stereocenters. The predicted molar refractivity (Wildman–Crippen MR) is 151 cm³/mol. The Hall–Kier alpha value is -3.95. The highest BCUT2D eigenvalue weighted by Crippen LogP contribution is 2.38. The zero-order chi connectivity index (χ0) is 27.6. The monoisotopic (exact) mass is 579 g/mol. The number of hydrogen-bond acceptors (Lipinski definition) is 6. The second-order valence-corrected chi connectivity index (χ2v) is 10.5. The highest BCUT2D eigenvalue weighted by Gasteiger charge is 2.36. The molecule has 3 heterocycles. The molecule has 0 saturated heterocycles. The molecule has 2 atom stereocenters. The third-order valence-electron chi connectivity index (χ3n) is 7.09. The zero-order valence-corrected chi connectivity index (χ0v) is 23.2. The Morgan fingerprint density at radius 3 is 2.80 bits per heavy atom. The summed E-state index contributed by atoms with van der Waals surface area (Å²) in [7, 11) is 1.60. The van der Waals surface area contributed by atoms with Crippen molar-refractivity contribution in [1.82, 2.24) is 24.6 Å². The largest absolute Gasteiger partial charge is 0.493 e. The quantitative estimate of drug-likeness (QED) is 0.332. The van der Waals surface area contributed by atoms with E-state index >= 15 is 0 Å². The van der Waals surface area contributed by atoms with Crippen LogP contribution in [-0.2, 0) is 13.0 Å². The fourth-order valence-corrected chi connectivity index (χ4v) is 5.56. The maximum Gasteiger partial charge on any atom is 0.416 e. The van der Waals surface area contributed by atoms with E-state index in [1.54, 1.807) is 47.3 Å². The van der Waals surface area contributed by atoms with E-state index in [4.69, 9.17) is 37.4 Å². The number of carbonyl (C=O) groups excluding carboxylic acids is 1. The minimum absolute atomic E-state index is 0.0622. The van der Waals surface area contributed by atoms with Crippen LogP contribution in [0.3, 0.4) is 0 Å². The van der Waals surface area contributed by atoms with Gasteiger partial charge in [-0.3, -0.25) is 4.90 Å². The summed E-state index contributed by atoms with van der Waals surface area (Å²) < 4.78 is 19.2. The zero-order valence-electron chi connectivity index (χ0n) is 21.7. The summed E-state index contributed by atoms with van der Waals surface area (Å²) in [4.78, 5) is 22.8. The lowest BCUT2D eigenvalue weighted by Crippen LogP contribution is -2.43. The maximum atomic E-state index is 13.6. The molecule has 1 amide bonds. The molecule has 0 saturated carbocycles. The molecule has 2 aromatic heterocycles. The fraction of sp³-hybridized carbons (Fsp3) is 0.276. The van der Waals surface area contributed by atoms with Crippen LogP contribution in [0.4, 0.5) is 4.79 Å². The SMILES string of the molecule is COc1cc(C2c3[nH]c4c(c3CCN2C(=O)Oc2ccc(Cl)cc2)=CC(Cl)CC=4)ccc1OCCn1cncn1. The van der Waals surface area contributed by atoms with Crippen LogP contribution in [0.2, 0.25) is 5.02 Å². The number of halogens is 2. The smallest absolute Gasteiger partial charge is 0.416 e. The number of benzene rings is 2. The molecule has 1 aliphatic heterocycles. The number of nitrogens with zero attached hydrogens (tertiary/aromatic N) is 4. The Morgan fingerprint density at radius 1 is 1.18 bits per heavy atom. The molecule has 0 spiro atoms. The normalized spacial score (nSPS) is 17.7. The Bertz CT molecular complexity index is 1640. The van der Waals surface area contributed by atoms with Gasteiger partial charge in [-0.1, -0.05) is 29.8 Å². The van der Waals surface area contributed by atoms with Crippen LogP contribution in [0.25, 0.3) is 12.2 Å². The maximum absolute atomic E-state index is 13.6. The third-order valence-corrected chi connectivity index (χ3v) is 7.65. The number of aromatic nitrogens is 4. The number of carbonyl (C=O) groups is 1. The van der Waals surface area contributed by atoms with Crippen molar-refractivity contribution in [3.63, 3.8) is 0 Å². The summed E-state index contributed by atoms with van der Waals surface area (Å²) in [6.07, 6.45) is 8.29. The second-order valence-electron chi connectivity index (χ2n) is 9.55. The number of nitrogens with one attached hydrogen (secondary N) is 1. The molecule has 2 aromatic carbocycles. The molecule has 11 heteroatoms. The van der Waals surface area contributed by atoms with Crippen LogP contribution in [-0.4, -0.2) is 56.4 Å². The molecule has 0 fully saturated rings. The van der Waals surface area contributed by atoms with E-state index in [-0.39, 0.29) is 5.38 Å². The number of hydrogen-bond donors (Lipinski definition) is 1. The Morgan fingerprint density at radius 2 is 2.02 bits per heavy atom. The summed E-state index contributed by atoms with van der Waals surface area (Å²) in [5, 5.41) is 6.74. The molecular weight excluding hydrogens is 553 g/mol. The van der Waals surface area contributed by atoms with Crippen molar-refractivity contribution in [2.24, 2.45) is 0 Å². The minimum atomic E-state index is -0.458. The van der Waals surface area contributed by atoms with Gasteiger partial charge in [0, 0.05) is 27.8 Å². The van der Waals surface area contributed by atoms with Crippen molar-refractivity contribution in [2.75, 3.05) is 20.3 Å².